The number of rotatable bonds is 3. The highest BCUT2D eigenvalue weighted by Gasteiger charge is 2.27. The normalized spacial score (nSPS) is 22.2. The number of aromatic nitrogens is 4. The monoisotopic (exact) mass is 290 g/mol. The van der Waals surface area contributed by atoms with Crippen molar-refractivity contribution in [2.75, 3.05) is 14.1 Å². The van der Waals surface area contributed by atoms with E-state index in [0.717, 1.165) is 0 Å². The zero-order valence-corrected chi connectivity index (χ0v) is 11.7. The quantitative estimate of drug-likeness (QED) is 0.679. The lowest BCUT2D eigenvalue weighted by molar-refractivity contribution is 0.177. The molecule has 0 amide bonds. The molecule has 0 bridgehead atoms. The molecular formula is C13H15FN6O. The van der Waals surface area contributed by atoms with Gasteiger partial charge in [0.15, 0.2) is 17.0 Å². The van der Waals surface area contributed by atoms with Crippen molar-refractivity contribution in [2.45, 2.75) is 18.6 Å². The van der Waals surface area contributed by atoms with Gasteiger partial charge in [0.1, 0.15) is 18.3 Å². The van der Waals surface area contributed by atoms with Crippen molar-refractivity contribution in [1.82, 2.24) is 24.4 Å². The number of imidazole rings is 1. The Morgan fingerprint density at radius 3 is 2.90 bits per heavy atom. The van der Waals surface area contributed by atoms with Gasteiger partial charge in [0.25, 0.3) is 0 Å². The molecular weight excluding hydrogens is 275 g/mol. The molecule has 1 aliphatic rings. The highest BCUT2D eigenvalue weighted by atomic mass is 19.1. The third-order valence-corrected chi connectivity index (χ3v) is 3.24. The molecule has 2 aromatic heterocycles. The van der Waals surface area contributed by atoms with Crippen LogP contribution in [-0.2, 0) is 0 Å². The summed E-state index contributed by atoms with van der Waals surface area (Å²) in [5.41, 5.74) is 1.12. The summed E-state index contributed by atoms with van der Waals surface area (Å²) in [6.45, 7) is 0. The maximum absolute atomic E-state index is 13.4. The van der Waals surface area contributed by atoms with Crippen LogP contribution in [0.3, 0.4) is 0 Å². The summed E-state index contributed by atoms with van der Waals surface area (Å²) in [6.07, 6.45) is 5.20. The standard InChI is InChI=1S/C13H15FN6O/c1-19(2)6-18-12-11-13(16-5-15-12)20(7-17-11)8-3-9(14)10(21)4-8/h3,5-8,10,21H,4H2,1-2H3/t8-,10+/m0/s1. The van der Waals surface area contributed by atoms with Crippen molar-refractivity contribution in [1.29, 1.82) is 0 Å². The number of allylic oxidation sites excluding steroid dienone is 1. The van der Waals surface area contributed by atoms with Crippen LogP contribution in [0.4, 0.5) is 10.2 Å². The van der Waals surface area contributed by atoms with Crippen LogP contribution in [0.5, 0.6) is 0 Å². The third kappa shape index (κ3) is 2.49. The first-order chi connectivity index (χ1) is 10.1. The molecule has 0 radical (unpaired) electrons. The third-order valence-electron chi connectivity index (χ3n) is 3.24. The number of halogens is 1. The van der Waals surface area contributed by atoms with Crippen LogP contribution in [-0.4, -0.2) is 56.1 Å². The minimum atomic E-state index is -1.06. The molecule has 0 fully saturated rings. The molecule has 21 heavy (non-hydrogen) atoms. The van der Waals surface area contributed by atoms with E-state index >= 15 is 0 Å². The van der Waals surface area contributed by atoms with Gasteiger partial charge in [-0.3, -0.25) is 0 Å². The van der Waals surface area contributed by atoms with Gasteiger partial charge in [-0.25, -0.2) is 24.3 Å². The lowest BCUT2D eigenvalue weighted by Gasteiger charge is -2.10. The summed E-state index contributed by atoms with van der Waals surface area (Å²) in [4.78, 5) is 18.6. The fourth-order valence-corrected chi connectivity index (χ4v) is 2.25. The van der Waals surface area contributed by atoms with Gasteiger partial charge in [0, 0.05) is 20.5 Å². The van der Waals surface area contributed by atoms with Crippen LogP contribution < -0.4 is 0 Å². The molecule has 7 nitrogen and oxygen atoms in total. The van der Waals surface area contributed by atoms with E-state index in [2.05, 4.69) is 19.9 Å². The fourth-order valence-electron chi connectivity index (χ4n) is 2.25. The summed E-state index contributed by atoms with van der Waals surface area (Å²) < 4.78 is 15.1. The van der Waals surface area contributed by atoms with E-state index in [1.807, 2.05) is 14.1 Å². The lowest BCUT2D eigenvalue weighted by atomic mass is 10.2. The molecule has 0 saturated heterocycles. The van der Waals surface area contributed by atoms with E-state index < -0.39 is 11.9 Å². The molecule has 2 heterocycles. The minimum absolute atomic E-state index is 0.275. The van der Waals surface area contributed by atoms with Gasteiger partial charge in [-0.05, 0) is 6.08 Å². The predicted octanol–water partition coefficient (Wildman–Crippen LogP) is 1.21. The number of fused-ring (bicyclic) bond motifs is 1. The SMILES string of the molecule is CN(C)C=Nc1ncnc2c1ncn2[C@H]1C=C(F)[C@H](O)C1. The molecule has 2 aromatic rings. The van der Waals surface area contributed by atoms with E-state index in [1.54, 1.807) is 22.1 Å². The highest BCUT2D eigenvalue weighted by Crippen LogP contribution is 2.32. The van der Waals surface area contributed by atoms with Crippen LogP contribution in [0, 0.1) is 0 Å². The maximum atomic E-state index is 13.4. The molecule has 0 spiro atoms. The van der Waals surface area contributed by atoms with E-state index in [1.165, 1.54) is 12.4 Å². The number of nitrogens with zero attached hydrogens (tertiary/aromatic N) is 6. The summed E-state index contributed by atoms with van der Waals surface area (Å²) in [6, 6.07) is -0.300. The number of hydrogen-bond acceptors (Lipinski definition) is 5. The summed E-state index contributed by atoms with van der Waals surface area (Å²) in [7, 11) is 3.71. The van der Waals surface area contributed by atoms with Gasteiger partial charge in [-0.2, -0.15) is 0 Å². The van der Waals surface area contributed by atoms with Crippen LogP contribution in [0.2, 0.25) is 0 Å². The Kier molecular flexibility index (Phi) is 3.38. The van der Waals surface area contributed by atoms with Gasteiger partial charge in [-0.15, -0.1) is 0 Å². The second kappa shape index (κ2) is 5.21. The van der Waals surface area contributed by atoms with Crippen molar-refractivity contribution >= 4 is 23.3 Å². The summed E-state index contributed by atoms with van der Waals surface area (Å²) >= 11 is 0. The van der Waals surface area contributed by atoms with Crippen molar-refractivity contribution in [3.8, 4) is 0 Å². The van der Waals surface area contributed by atoms with Gasteiger partial charge in [0.05, 0.1) is 18.7 Å². The van der Waals surface area contributed by atoms with Crippen LogP contribution in [0.15, 0.2) is 29.5 Å². The lowest BCUT2D eigenvalue weighted by Crippen LogP contribution is -2.08. The van der Waals surface area contributed by atoms with Crippen LogP contribution in [0.1, 0.15) is 12.5 Å². The minimum Gasteiger partial charge on any atom is -0.386 e. The van der Waals surface area contributed by atoms with E-state index in [9.17, 15) is 9.50 Å². The predicted molar refractivity (Wildman–Crippen MR) is 76.0 cm³/mol. The molecule has 8 heteroatoms. The molecule has 1 aliphatic carbocycles. The summed E-state index contributed by atoms with van der Waals surface area (Å²) in [5, 5.41) is 9.50. The van der Waals surface area contributed by atoms with E-state index in [4.69, 9.17) is 0 Å². The van der Waals surface area contributed by atoms with Crippen molar-refractivity contribution in [2.24, 2.45) is 4.99 Å². The average Bonchev–Trinajstić information content (AvgIpc) is 3.01. The molecule has 3 rings (SSSR count). The maximum Gasteiger partial charge on any atom is 0.184 e. The van der Waals surface area contributed by atoms with Gasteiger partial charge >= 0.3 is 0 Å². The first kappa shape index (κ1) is 13.6. The molecule has 1 N–H and O–H groups in total. The van der Waals surface area contributed by atoms with Crippen molar-refractivity contribution < 1.29 is 9.50 Å². The van der Waals surface area contributed by atoms with E-state index in [-0.39, 0.29) is 12.5 Å². The van der Waals surface area contributed by atoms with E-state index in [0.29, 0.717) is 17.0 Å². The molecule has 0 aliphatic heterocycles. The largest absolute Gasteiger partial charge is 0.386 e. The number of aliphatic hydroxyl groups is 1. The second-order valence-corrected chi connectivity index (χ2v) is 5.10. The number of hydrogen-bond donors (Lipinski definition) is 1. The Morgan fingerprint density at radius 2 is 2.24 bits per heavy atom. The van der Waals surface area contributed by atoms with Gasteiger partial charge in [0.2, 0.25) is 0 Å². The summed E-state index contributed by atoms with van der Waals surface area (Å²) in [5.74, 6) is -0.0581. The van der Waals surface area contributed by atoms with Gasteiger partial charge in [-0.1, -0.05) is 0 Å². The zero-order valence-electron chi connectivity index (χ0n) is 11.7. The first-order valence-electron chi connectivity index (χ1n) is 6.49. The molecule has 110 valence electrons. The number of aliphatic imine (C=N–C) groups is 1. The average molecular weight is 290 g/mol. The Morgan fingerprint density at radius 1 is 1.43 bits per heavy atom. The Bertz CT molecular complexity index is 723. The van der Waals surface area contributed by atoms with Crippen LogP contribution >= 0.6 is 0 Å². The van der Waals surface area contributed by atoms with Crippen LogP contribution in [0.25, 0.3) is 11.2 Å². The topological polar surface area (TPSA) is 79.4 Å². The highest BCUT2D eigenvalue weighted by molar-refractivity contribution is 5.83. The molecule has 0 saturated carbocycles. The van der Waals surface area contributed by atoms with Gasteiger partial charge < -0.3 is 14.6 Å². The molecule has 2 atom stereocenters. The molecule has 0 unspecified atom stereocenters. The Balaban J connectivity index is 2.02. The van der Waals surface area contributed by atoms with Crippen molar-refractivity contribution in [3.63, 3.8) is 0 Å². The smallest absolute Gasteiger partial charge is 0.184 e. The zero-order chi connectivity index (χ0) is 15.0. The number of aliphatic hydroxyl groups excluding tert-OH is 1. The molecule has 0 aromatic carbocycles. The van der Waals surface area contributed by atoms with Crippen molar-refractivity contribution in [3.05, 3.63) is 24.6 Å². The first-order valence-corrected chi connectivity index (χ1v) is 6.49. The Hall–Kier alpha value is -2.35. The Labute approximate surface area is 120 Å². The fraction of sp³-hybridized carbons (Fsp3) is 0.385. The second-order valence-electron chi connectivity index (χ2n) is 5.10.